The predicted octanol–water partition coefficient (Wildman–Crippen LogP) is 0.638. The van der Waals surface area contributed by atoms with E-state index in [0.717, 1.165) is 5.69 Å². The summed E-state index contributed by atoms with van der Waals surface area (Å²) >= 11 is 0. The molecular formula is C13H16N4O3. The van der Waals surface area contributed by atoms with Crippen LogP contribution < -0.4 is 11.1 Å². The van der Waals surface area contributed by atoms with Crippen molar-refractivity contribution in [2.45, 2.75) is 19.4 Å². The van der Waals surface area contributed by atoms with Crippen molar-refractivity contribution in [2.75, 3.05) is 5.32 Å². The molecule has 0 saturated carbocycles. The fourth-order valence-corrected chi connectivity index (χ4v) is 1.74. The number of hydrogen-bond acceptors (Lipinski definition) is 5. The zero-order valence-corrected chi connectivity index (χ0v) is 10.9. The second-order valence-corrected chi connectivity index (χ2v) is 4.56. The zero-order chi connectivity index (χ0) is 14.7. The number of carbonyl (C=O) groups is 1. The van der Waals surface area contributed by atoms with Crippen LogP contribution in [0.3, 0.4) is 0 Å². The average molecular weight is 276 g/mol. The van der Waals surface area contributed by atoms with E-state index in [1.54, 1.807) is 12.1 Å². The third-order valence-electron chi connectivity index (χ3n) is 2.79. The molecule has 0 radical (unpaired) electrons. The van der Waals surface area contributed by atoms with Crippen molar-refractivity contribution < 1.29 is 15.0 Å². The number of nitrogens with one attached hydrogen (secondary N) is 2. The maximum atomic E-state index is 11.9. The maximum Gasteiger partial charge on any atom is 0.242 e. The van der Waals surface area contributed by atoms with E-state index in [0.29, 0.717) is 11.4 Å². The van der Waals surface area contributed by atoms with E-state index in [1.165, 1.54) is 12.1 Å². The molecule has 0 saturated heterocycles. The highest BCUT2D eigenvalue weighted by Gasteiger charge is 2.16. The molecule has 7 heteroatoms. The van der Waals surface area contributed by atoms with Gasteiger partial charge >= 0.3 is 0 Å². The van der Waals surface area contributed by atoms with Crippen molar-refractivity contribution in [3.63, 3.8) is 0 Å². The van der Waals surface area contributed by atoms with Gasteiger partial charge in [-0.2, -0.15) is 5.10 Å². The Morgan fingerprint density at radius 2 is 2.15 bits per heavy atom. The van der Waals surface area contributed by atoms with Gasteiger partial charge in [0, 0.05) is 11.8 Å². The van der Waals surface area contributed by atoms with Crippen LogP contribution in [0.15, 0.2) is 24.3 Å². The smallest absolute Gasteiger partial charge is 0.242 e. The minimum Gasteiger partial charge on any atom is -0.504 e. The first kappa shape index (κ1) is 13.9. The quantitative estimate of drug-likeness (QED) is 0.524. The van der Waals surface area contributed by atoms with Crippen molar-refractivity contribution in [2.24, 2.45) is 5.73 Å². The third kappa shape index (κ3) is 3.27. The Morgan fingerprint density at radius 1 is 1.40 bits per heavy atom. The SMILES string of the molecule is Cc1cc(NC(=O)[C@@H](N)Cc2ccc(O)c(O)c2)n[nH]1. The van der Waals surface area contributed by atoms with Gasteiger partial charge < -0.3 is 21.3 Å². The van der Waals surface area contributed by atoms with E-state index in [9.17, 15) is 15.0 Å². The van der Waals surface area contributed by atoms with Gasteiger partial charge in [-0.05, 0) is 31.0 Å². The number of phenolic OH excluding ortho intramolecular Hbond substituents is 2. The van der Waals surface area contributed by atoms with Crippen LogP contribution in [0.4, 0.5) is 5.82 Å². The minimum absolute atomic E-state index is 0.209. The second kappa shape index (κ2) is 5.62. The van der Waals surface area contributed by atoms with Crippen LogP contribution in [-0.4, -0.2) is 32.4 Å². The van der Waals surface area contributed by atoms with E-state index in [4.69, 9.17) is 5.73 Å². The number of aromatic amines is 1. The molecule has 1 atom stereocenters. The molecule has 106 valence electrons. The summed E-state index contributed by atoms with van der Waals surface area (Å²) in [4.78, 5) is 11.9. The van der Waals surface area contributed by atoms with E-state index in [1.807, 2.05) is 6.92 Å². The summed E-state index contributed by atoms with van der Waals surface area (Å²) < 4.78 is 0. The highest BCUT2D eigenvalue weighted by molar-refractivity contribution is 5.94. The zero-order valence-electron chi connectivity index (χ0n) is 10.9. The first-order valence-electron chi connectivity index (χ1n) is 6.05. The third-order valence-corrected chi connectivity index (χ3v) is 2.79. The lowest BCUT2D eigenvalue weighted by atomic mass is 10.1. The summed E-state index contributed by atoms with van der Waals surface area (Å²) in [5, 5.41) is 27.8. The van der Waals surface area contributed by atoms with E-state index in [-0.39, 0.29) is 23.8 Å². The lowest BCUT2D eigenvalue weighted by Gasteiger charge is -2.11. The van der Waals surface area contributed by atoms with Crippen molar-refractivity contribution in [1.29, 1.82) is 0 Å². The standard InChI is InChI=1S/C13H16N4O3/c1-7-4-12(17-16-7)15-13(20)9(14)5-8-2-3-10(18)11(19)6-8/h2-4,6,9,18-19H,5,14H2,1H3,(H2,15,16,17,20)/t9-/m0/s1. The number of carbonyl (C=O) groups excluding carboxylic acids is 1. The summed E-state index contributed by atoms with van der Waals surface area (Å²) in [6, 6.07) is 5.24. The average Bonchev–Trinajstić information content (AvgIpc) is 2.79. The number of amides is 1. The molecule has 0 aliphatic heterocycles. The number of aryl methyl sites for hydroxylation is 1. The molecule has 1 amide bonds. The topological polar surface area (TPSA) is 124 Å². The summed E-state index contributed by atoms with van der Waals surface area (Å²) in [6.07, 6.45) is 0.239. The fourth-order valence-electron chi connectivity index (χ4n) is 1.74. The number of phenols is 2. The van der Waals surface area contributed by atoms with Gasteiger partial charge in [0.05, 0.1) is 6.04 Å². The summed E-state index contributed by atoms with van der Waals surface area (Å²) in [6.45, 7) is 1.82. The molecule has 0 spiro atoms. The summed E-state index contributed by atoms with van der Waals surface area (Å²) in [7, 11) is 0. The first-order valence-corrected chi connectivity index (χ1v) is 6.05. The van der Waals surface area contributed by atoms with Crippen molar-refractivity contribution in [3.05, 3.63) is 35.5 Å². The molecule has 0 aliphatic carbocycles. The van der Waals surface area contributed by atoms with Crippen molar-refractivity contribution >= 4 is 11.7 Å². The fraction of sp³-hybridized carbons (Fsp3) is 0.231. The number of aromatic nitrogens is 2. The number of nitrogens with two attached hydrogens (primary N) is 1. The van der Waals surface area contributed by atoms with Gasteiger partial charge in [-0.15, -0.1) is 0 Å². The van der Waals surface area contributed by atoms with Crippen LogP contribution in [0.5, 0.6) is 11.5 Å². The van der Waals surface area contributed by atoms with Gasteiger partial charge in [0.1, 0.15) is 0 Å². The lowest BCUT2D eigenvalue weighted by molar-refractivity contribution is -0.117. The van der Waals surface area contributed by atoms with Gasteiger partial charge in [0.25, 0.3) is 0 Å². The number of benzene rings is 1. The van der Waals surface area contributed by atoms with Crippen molar-refractivity contribution in [3.8, 4) is 11.5 Å². The van der Waals surface area contributed by atoms with Gasteiger partial charge in [0.2, 0.25) is 5.91 Å². The number of nitrogens with zero attached hydrogens (tertiary/aromatic N) is 1. The van der Waals surface area contributed by atoms with Crippen LogP contribution in [0.25, 0.3) is 0 Å². The van der Waals surface area contributed by atoms with Crippen molar-refractivity contribution in [1.82, 2.24) is 10.2 Å². The van der Waals surface area contributed by atoms with Crippen LogP contribution >= 0.6 is 0 Å². The van der Waals surface area contributed by atoms with E-state index >= 15 is 0 Å². The highest BCUT2D eigenvalue weighted by Crippen LogP contribution is 2.25. The first-order chi connectivity index (χ1) is 9.45. The number of anilines is 1. The minimum atomic E-state index is -0.782. The van der Waals surface area contributed by atoms with Crippen LogP contribution in [0.1, 0.15) is 11.3 Å². The van der Waals surface area contributed by atoms with Gasteiger partial charge in [-0.25, -0.2) is 0 Å². The van der Waals surface area contributed by atoms with Gasteiger partial charge in [-0.1, -0.05) is 6.07 Å². The van der Waals surface area contributed by atoms with E-state index < -0.39 is 6.04 Å². The second-order valence-electron chi connectivity index (χ2n) is 4.56. The molecule has 0 aliphatic rings. The number of aromatic hydroxyl groups is 2. The Morgan fingerprint density at radius 3 is 2.75 bits per heavy atom. The molecular weight excluding hydrogens is 260 g/mol. The molecule has 7 nitrogen and oxygen atoms in total. The highest BCUT2D eigenvalue weighted by atomic mass is 16.3. The normalized spacial score (nSPS) is 12.1. The van der Waals surface area contributed by atoms with Crippen LogP contribution in [0, 0.1) is 6.92 Å². The molecule has 2 rings (SSSR count). The Kier molecular flexibility index (Phi) is 3.90. The molecule has 6 N–H and O–H groups in total. The lowest BCUT2D eigenvalue weighted by Crippen LogP contribution is -2.37. The number of H-pyrrole nitrogens is 1. The molecule has 2 aromatic rings. The number of hydrogen-bond donors (Lipinski definition) is 5. The van der Waals surface area contributed by atoms with Gasteiger partial charge in [0.15, 0.2) is 17.3 Å². The Labute approximate surface area is 115 Å². The Bertz CT molecular complexity index is 624. The molecule has 1 aromatic heterocycles. The predicted molar refractivity (Wildman–Crippen MR) is 73.4 cm³/mol. The Balaban J connectivity index is 1.98. The van der Waals surface area contributed by atoms with Crippen LogP contribution in [-0.2, 0) is 11.2 Å². The maximum absolute atomic E-state index is 11.9. The Hall–Kier alpha value is -2.54. The molecule has 1 aromatic carbocycles. The summed E-state index contributed by atoms with van der Waals surface area (Å²) in [5.41, 5.74) is 7.28. The monoisotopic (exact) mass is 276 g/mol. The summed E-state index contributed by atoms with van der Waals surface area (Å²) in [5.74, 6) is -0.405. The number of rotatable bonds is 4. The molecule has 0 fully saturated rings. The molecule has 0 unspecified atom stereocenters. The molecule has 1 heterocycles. The molecule has 0 bridgehead atoms. The largest absolute Gasteiger partial charge is 0.504 e. The van der Waals surface area contributed by atoms with Gasteiger partial charge in [-0.3, -0.25) is 9.89 Å². The van der Waals surface area contributed by atoms with E-state index in [2.05, 4.69) is 15.5 Å². The molecule has 20 heavy (non-hydrogen) atoms. The van der Waals surface area contributed by atoms with Crippen LogP contribution in [0.2, 0.25) is 0 Å².